The largest absolute Gasteiger partial charge is 0.399 e. The van der Waals surface area contributed by atoms with Gasteiger partial charge in [-0.3, -0.25) is 10.8 Å². The zero-order valence-electron chi connectivity index (χ0n) is 18.4. The number of nitriles is 1. The Hall–Kier alpha value is -4.53. The minimum atomic E-state index is -1.25. The van der Waals surface area contributed by atoms with E-state index in [-0.39, 0.29) is 27.7 Å². The number of halogens is 4. The second kappa shape index (κ2) is 10.4. The Labute approximate surface area is 208 Å². The lowest BCUT2D eigenvalue weighted by molar-refractivity contribution is 0.480. The Kier molecular flexibility index (Phi) is 7.10. The summed E-state index contributed by atoms with van der Waals surface area (Å²) in [6, 6.07) is 11.3. The summed E-state index contributed by atoms with van der Waals surface area (Å²) in [6.07, 6.45) is 3.78. The molecule has 2 aromatic heterocycles. The van der Waals surface area contributed by atoms with E-state index in [2.05, 4.69) is 26.0 Å². The van der Waals surface area contributed by atoms with E-state index in [1.165, 1.54) is 24.5 Å². The molecule has 7 N–H and O–H groups in total. The lowest BCUT2D eigenvalue weighted by Gasteiger charge is -2.22. The highest BCUT2D eigenvalue weighted by molar-refractivity contribution is 6.36. The quantitative estimate of drug-likeness (QED) is 0.137. The summed E-state index contributed by atoms with van der Waals surface area (Å²) >= 11 is 6.51. The van der Waals surface area contributed by atoms with Gasteiger partial charge in [-0.2, -0.15) is 9.65 Å². The number of nitrogens with zero attached hydrogens (tertiary/aromatic N) is 3. The van der Waals surface area contributed by atoms with Crippen molar-refractivity contribution >= 4 is 39.6 Å². The van der Waals surface area contributed by atoms with Crippen LogP contribution < -0.4 is 27.6 Å². The highest BCUT2D eigenvalue weighted by Gasteiger charge is 2.18. The monoisotopic (exact) mass is 510 g/mol. The number of rotatable bonds is 7. The van der Waals surface area contributed by atoms with E-state index in [0.29, 0.717) is 22.2 Å². The number of nitrogens with one attached hydrogen (secondary N) is 3. The number of anilines is 3. The summed E-state index contributed by atoms with van der Waals surface area (Å²) in [5.74, 6) is 2.57. The van der Waals surface area contributed by atoms with E-state index >= 15 is 0 Å². The van der Waals surface area contributed by atoms with Crippen LogP contribution in [0, 0.1) is 28.9 Å². The average molecular weight is 511 g/mol. The lowest BCUT2D eigenvalue weighted by Crippen LogP contribution is -2.23. The first-order valence-corrected chi connectivity index (χ1v) is 10.7. The Balaban J connectivity index is 1.82. The van der Waals surface area contributed by atoms with Gasteiger partial charge < -0.3 is 21.8 Å². The summed E-state index contributed by atoms with van der Waals surface area (Å²) in [5, 5.41) is 16.4. The molecule has 0 bridgehead atoms. The number of pyridine rings is 2. The minimum Gasteiger partial charge on any atom is -0.399 e. The molecule has 0 fully saturated rings. The van der Waals surface area contributed by atoms with Crippen molar-refractivity contribution in [3.63, 3.8) is 0 Å². The van der Waals surface area contributed by atoms with Crippen LogP contribution in [0.1, 0.15) is 17.2 Å². The molecule has 0 saturated carbocycles. The molecule has 0 amide bonds. The van der Waals surface area contributed by atoms with Crippen LogP contribution in [0.15, 0.2) is 66.8 Å². The fraction of sp³-hybridized carbons (Fsp3) is 0.0417. The molecular formula is C24H18ClF3N8. The second-order valence-electron chi connectivity index (χ2n) is 7.57. The molecule has 8 nitrogen and oxygen atoms in total. The maximum absolute atomic E-state index is 13.7. The number of hydrazine groups is 1. The van der Waals surface area contributed by atoms with Crippen molar-refractivity contribution in [2.24, 2.45) is 11.6 Å². The molecular weight excluding hydrogens is 493 g/mol. The molecule has 0 aliphatic heterocycles. The van der Waals surface area contributed by atoms with Crippen LogP contribution in [-0.2, 0) is 0 Å². The van der Waals surface area contributed by atoms with Gasteiger partial charge in [0.25, 0.3) is 0 Å². The molecule has 0 radical (unpaired) electrons. The summed E-state index contributed by atoms with van der Waals surface area (Å²) in [7, 11) is 0. The molecule has 4 aromatic rings. The maximum atomic E-state index is 13.7. The van der Waals surface area contributed by atoms with E-state index in [4.69, 9.17) is 23.2 Å². The molecule has 36 heavy (non-hydrogen) atoms. The van der Waals surface area contributed by atoms with Crippen molar-refractivity contribution in [1.29, 1.82) is 5.26 Å². The van der Waals surface area contributed by atoms with Crippen molar-refractivity contribution in [2.45, 2.75) is 6.04 Å². The van der Waals surface area contributed by atoms with E-state index < -0.39 is 23.6 Å². The summed E-state index contributed by atoms with van der Waals surface area (Å²) in [4.78, 5) is 7.62. The summed E-state index contributed by atoms with van der Waals surface area (Å²) in [5.41, 5.74) is 10.8. The first-order chi connectivity index (χ1) is 17.3. The average Bonchev–Trinajstić information content (AvgIpc) is 2.86. The Bertz CT molecular complexity index is 1500. The van der Waals surface area contributed by atoms with E-state index in [9.17, 15) is 18.4 Å². The third-order valence-corrected chi connectivity index (χ3v) is 5.50. The standard InChI is InChI=1S/C24H18ClF3N8/c25-18-6-15(35-22(20(30)11-34-31)12-1-3-14(26)4-2-12)5-17-21(13(8-29)9-32-23(17)18)36-16-7-19(27)24(28)33-10-16/h1-7,9-11,22,34-35H,30-31H2,(H,32,36)/b20-11-. The Morgan fingerprint density at radius 1 is 1.06 bits per heavy atom. The van der Waals surface area contributed by atoms with Gasteiger partial charge in [0.05, 0.1) is 45.4 Å². The fourth-order valence-corrected chi connectivity index (χ4v) is 3.82. The van der Waals surface area contributed by atoms with Crippen LogP contribution in [0.4, 0.5) is 30.2 Å². The van der Waals surface area contributed by atoms with Crippen LogP contribution in [0.2, 0.25) is 5.02 Å². The van der Waals surface area contributed by atoms with Crippen molar-refractivity contribution in [3.8, 4) is 6.07 Å². The van der Waals surface area contributed by atoms with Crippen LogP contribution in [0.3, 0.4) is 0 Å². The number of nitrogens with two attached hydrogens (primary N) is 2. The highest BCUT2D eigenvalue weighted by atomic mass is 35.5. The molecule has 12 heteroatoms. The molecule has 0 spiro atoms. The van der Waals surface area contributed by atoms with Gasteiger partial charge in [-0.1, -0.05) is 23.7 Å². The normalized spacial score (nSPS) is 12.2. The Morgan fingerprint density at radius 2 is 1.81 bits per heavy atom. The van der Waals surface area contributed by atoms with E-state index in [0.717, 1.165) is 12.3 Å². The first kappa shape index (κ1) is 24.6. The highest BCUT2D eigenvalue weighted by Crippen LogP contribution is 2.36. The van der Waals surface area contributed by atoms with Crippen molar-refractivity contribution in [1.82, 2.24) is 15.4 Å². The molecule has 2 aromatic carbocycles. The van der Waals surface area contributed by atoms with Gasteiger partial charge in [0.15, 0.2) is 5.82 Å². The summed E-state index contributed by atoms with van der Waals surface area (Å²) < 4.78 is 40.5. The van der Waals surface area contributed by atoms with Gasteiger partial charge in [-0.25, -0.2) is 13.8 Å². The third-order valence-electron chi connectivity index (χ3n) is 5.21. The predicted octanol–water partition coefficient (Wildman–Crippen LogP) is 4.73. The van der Waals surface area contributed by atoms with Gasteiger partial charge in [0, 0.05) is 29.5 Å². The van der Waals surface area contributed by atoms with Crippen LogP contribution in [-0.4, -0.2) is 9.97 Å². The van der Waals surface area contributed by atoms with Crippen molar-refractivity contribution in [2.75, 3.05) is 10.6 Å². The molecule has 0 aliphatic rings. The van der Waals surface area contributed by atoms with E-state index in [1.807, 2.05) is 6.07 Å². The molecule has 1 unspecified atom stereocenters. The number of benzene rings is 2. The second-order valence-corrected chi connectivity index (χ2v) is 7.98. The van der Waals surface area contributed by atoms with Gasteiger partial charge >= 0.3 is 0 Å². The molecule has 4 rings (SSSR count). The number of hydrogen-bond acceptors (Lipinski definition) is 8. The SMILES string of the molecule is N#Cc1cnc2c(Cl)cc(NC(/C(N)=C/NN)c3ccc(F)cc3)cc2c1Nc1cnc(F)c(F)c1. The predicted molar refractivity (Wildman–Crippen MR) is 131 cm³/mol. The van der Waals surface area contributed by atoms with Crippen molar-refractivity contribution in [3.05, 3.63) is 100 Å². The van der Waals surface area contributed by atoms with Gasteiger partial charge in [-0.05, 0) is 29.8 Å². The topological polar surface area (TPSA) is 138 Å². The third kappa shape index (κ3) is 5.10. The fourth-order valence-electron chi connectivity index (χ4n) is 3.56. The zero-order valence-corrected chi connectivity index (χ0v) is 19.1. The van der Waals surface area contributed by atoms with Gasteiger partial charge in [-0.15, -0.1) is 0 Å². The maximum Gasteiger partial charge on any atom is 0.249 e. The minimum absolute atomic E-state index is 0.109. The Morgan fingerprint density at radius 3 is 2.47 bits per heavy atom. The molecule has 0 saturated heterocycles. The van der Waals surface area contributed by atoms with Crippen LogP contribution in [0.25, 0.3) is 10.9 Å². The zero-order chi connectivity index (χ0) is 25.8. The summed E-state index contributed by atoms with van der Waals surface area (Å²) in [6.45, 7) is 0. The first-order valence-electron chi connectivity index (χ1n) is 10.3. The molecule has 1 atom stereocenters. The lowest BCUT2D eigenvalue weighted by atomic mass is 10.0. The smallest absolute Gasteiger partial charge is 0.249 e. The molecule has 182 valence electrons. The molecule has 2 heterocycles. The van der Waals surface area contributed by atoms with Gasteiger partial charge in [0.1, 0.15) is 11.9 Å². The number of fused-ring (bicyclic) bond motifs is 1. The molecule has 0 aliphatic carbocycles. The van der Waals surface area contributed by atoms with Gasteiger partial charge in [0.2, 0.25) is 5.95 Å². The van der Waals surface area contributed by atoms with Crippen LogP contribution in [0.5, 0.6) is 0 Å². The van der Waals surface area contributed by atoms with E-state index in [1.54, 1.807) is 24.3 Å². The number of hydrogen-bond donors (Lipinski definition) is 5. The van der Waals surface area contributed by atoms with Crippen molar-refractivity contribution < 1.29 is 13.2 Å². The van der Waals surface area contributed by atoms with Crippen LogP contribution >= 0.6 is 11.6 Å². The number of aromatic nitrogens is 2.